The Bertz CT molecular complexity index is 853. The van der Waals surface area contributed by atoms with Crippen LogP contribution in [0.5, 0.6) is 0 Å². The largest absolute Gasteiger partial charge is 0.376 e. The Morgan fingerprint density at radius 2 is 1.41 bits per heavy atom. The fraction of sp³-hybridized carbons (Fsp3) is 0.379. The predicted molar refractivity (Wildman–Crippen MR) is 139 cm³/mol. The van der Waals surface area contributed by atoms with Crippen LogP contribution in [-0.2, 0) is 22.7 Å². The fourth-order valence-electron chi connectivity index (χ4n) is 3.26. The molecule has 0 fully saturated rings. The highest BCUT2D eigenvalue weighted by atomic mass is 28.3. The summed E-state index contributed by atoms with van der Waals surface area (Å²) in [7, 11) is -1.45. The Morgan fingerprint density at radius 1 is 0.906 bits per heavy atom. The van der Waals surface area contributed by atoms with Gasteiger partial charge in [-0.25, -0.2) is 0 Å². The van der Waals surface area contributed by atoms with Crippen molar-refractivity contribution in [2.75, 3.05) is 13.2 Å². The van der Waals surface area contributed by atoms with Gasteiger partial charge in [-0.05, 0) is 24.5 Å². The molecular formula is C29H38O2Si. The lowest BCUT2D eigenvalue weighted by Gasteiger charge is -2.31. The van der Waals surface area contributed by atoms with Crippen molar-refractivity contribution < 1.29 is 9.47 Å². The van der Waals surface area contributed by atoms with Gasteiger partial charge in [0.25, 0.3) is 0 Å². The zero-order valence-electron chi connectivity index (χ0n) is 20.2. The normalized spacial score (nSPS) is 11.9. The van der Waals surface area contributed by atoms with Crippen molar-refractivity contribution in [2.24, 2.45) is 5.41 Å². The maximum atomic E-state index is 6.24. The molecule has 2 aromatic carbocycles. The molecule has 0 unspecified atom stereocenters. The fourth-order valence-corrected chi connectivity index (χ4v) is 3.88. The van der Waals surface area contributed by atoms with E-state index in [4.69, 9.17) is 9.47 Å². The van der Waals surface area contributed by atoms with Crippen molar-refractivity contribution in [3.05, 3.63) is 96.1 Å². The first-order chi connectivity index (χ1) is 15.3. The molecule has 170 valence electrons. The van der Waals surface area contributed by atoms with Crippen LogP contribution in [0.2, 0.25) is 19.6 Å². The Labute approximate surface area is 196 Å². The smallest absolute Gasteiger partial charge is 0.129 e. The quantitative estimate of drug-likeness (QED) is 0.195. The molecule has 0 atom stereocenters. The van der Waals surface area contributed by atoms with Crippen molar-refractivity contribution in [1.29, 1.82) is 0 Å². The molecule has 32 heavy (non-hydrogen) atoms. The zero-order chi connectivity index (χ0) is 23.3. The standard InChI is InChI=1S/C29H38O2Si/c1-26(2)14-12-19-29(20-13-21-32(3,4)5,24-30-22-27-15-8-6-9-16-27)25-31-23-28-17-10-7-11-18-28/h6-12,14-18H,1,19-20,22-25H2,2-5H3/b14-12+. The van der Waals surface area contributed by atoms with Crippen LogP contribution in [0.4, 0.5) is 0 Å². The summed E-state index contributed by atoms with van der Waals surface area (Å²) >= 11 is 0. The molecular weight excluding hydrogens is 408 g/mol. The number of ether oxygens (including phenoxy) is 2. The monoisotopic (exact) mass is 446 g/mol. The minimum atomic E-state index is -1.45. The summed E-state index contributed by atoms with van der Waals surface area (Å²) in [5.74, 6) is 3.50. The lowest BCUT2D eigenvalue weighted by molar-refractivity contribution is -0.0294. The van der Waals surface area contributed by atoms with Gasteiger partial charge in [-0.2, -0.15) is 0 Å². The van der Waals surface area contributed by atoms with Gasteiger partial charge in [-0.1, -0.05) is 105 Å². The van der Waals surface area contributed by atoms with E-state index in [1.165, 1.54) is 11.1 Å². The molecule has 0 aliphatic heterocycles. The van der Waals surface area contributed by atoms with Crippen LogP contribution in [-0.4, -0.2) is 21.3 Å². The maximum Gasteiger partial charge on any atom is 0.129 e. The van der Waals surface area contributed by atoms with Crippen LogP contribution >= 0.6 is 0 Å². The van der Waals surface area contributed by atoms with E-state index in [1.54, 1.807) is 0 Å². The first-order valence-electron chi connectivity index (χ1n) is 11.3. The molecule has 0 amide bonds. The molecule has 0 aliphatic carbocycles. The highest BCUT2D eigenvalue weighted by Gasteiger charge is 2.29. The zero-order valence-corrected chi connectivity index (χ0v) is 21.2. The molecule has 0 aromatic heterocycles. The molecule has 0 N–H and O–H groups in total. The van der Waals surface area contributed by atoms with Gasteiger partial charge in [-0.3, -0.25) is 0 Å². The Hall–Kier alpha value is -2.38. The molecule has 3 heteroatoms. The van der Waals surface area contributed by atoms with Crippen LogP contribution in [0.15, 0.2) is 85.0 Å². The summed E-state index contributed by atoms with van der Waals surface area (Å²) in [4.78, 5) is 0. The van der Waals surface area contributed by atoms with Crippen LogP contribution in [0, 0.1) is 16.9 Å². The Kier molecular flexibility index (Phi) is 10.7. The second kappa shape index (κ2) is 13.2. The predicted octanol–water partition coefficient (Wildman–Crippen LogP) is 7.20. The number of benzene rings is 2. The summed E-state index contributed by atoms with van der Waals surface area (Å²) < 4.78 is 12.5. The number of rotatable bonds is 12. The molecule has 0 heterocycles. The van der Waals surface area contributed by atoms with Gasteiger partial charge in [0, 0.05) is 11.8 Å². The number of hydrogen-bond donors (Lipinski definition) is 0. The summed E-state index contributed by atoms with van der Waals surface area (Å²) in [5.41, 5.74) is 6.72. The molecule has 2 aromatic rings. The van der Waals surface area contributed by atoms with E-state index in [0.29, 0.717) is 26.4 Å². The average molecular weight is 447 g/mol. The third kappa shape index (κ3) is 10.8. The Morgan fingerprint density at radius 3 is 1.84 bits per heavy atom. The summed E-state index contributed by atoms with van der Waals surface area (Å²) in [6.45, 7) is 15.2. The first-order valence-corrected chi connectivity index (χ1v) is 14.8. The molecule has 0 aliphatic rings. The second-order valence-electron chi connectivity index (χ2n) is 9.64. The van der Waals surface area contributed by atoms with Crippen LogP contribution in [0.3, 0.4) is 0 Å². The van der Waals surface area contributed by atoms with Gasteiger partial charge in [0.1, 0.15) is 8.07 Å². The summed E-state index contributed by atoms with van der Waals surface area (Å²) in [6, 6.07) is 20.6. The maximum absolute atomic E-state index is 6.24. The average Bonchev–Trinajstić information content (AvgIpc) is 2.74. The topological polar surface area (TPSA) is 18.5 Å². The van der Waals surface area contributed by atoms with Crippen LogP contribution < -0.4 is 0 Å². The van der Waals surface area contributed by atoms with E-state index in [-0.39, 0.29) is 5.41 Å². The lowest BCUT2D eigenvalue weighted by Crippen LogP contribution is -2.32. The third-order valence-corrected chi connectivity index (χ3v) is 5.85. The van der Waals surface area contributed by atoms with Crippen molar-refractivity contribution in [3.8, 4) is 11.5 Å². The molecule has 0 bridgehead atoms. The molecule has 0 spiro atoms. The minimum absolute atomic E-state index is 0.206. The van der Waals surface area contributed by atoms with Gasteiger partial charge in [0.2, 0.25) is 0 Å². The van der Waals surface area contributed by atoms with Crippen molar-refractivity contribution >= 4 is 8.07 Å². The van der Waals surface area contributed by atoms with Crippen molar-refractivity contribution in [3.63, 3.8) is 0 Å². The second-order valence-corrected chi connectivity index (χ2v) is 14.4. The lowest BCUT2D eigenvalue weighted by atomic mass is 9.82. The van der Waals surface area contributed by atoms with Gasteiger partial charge in [0.15, 0.2) is 0 Å². The molecule has 0 saturated heterocycles. The number of hydrogen-bond acceptors (Lipinski definition) is 2. The van der Waals surface area contributed by atoms with E-state index >= 15 is 0 Å². The Balaban J connectivity index is 2.16. The molecule has 0 saturated carbocycles. The van der Waals surface area contributed by atoms with E-state index in [2.05, 4.69) is 74.1 Å². The summed E-state index contributed by atoms with van der Waals surface area (Å²) in [5, 5.41) is 0. The van der Waals surface area contributed by atoms with E-state index in [0.717, 1.165) is 18.4 Å². The highest BCUT2D eigenvalue weighted by molar-refractivity contribution is 6.83. The van der Waals surface area contributed by atoms with Crippen LogP contribution in [0.1, 0.15) is 30.9 Å². The SMILES string of the molecule is C=C(C)/C=C/CC(CC#C[Si](C)(C)C)(COCc1ccccc1)COCc1ccccc1. The highest BCUT2D eigenvalue weighted by Crippen LogP contribution is 2.30. The first kappa shape index (κ1) is 25.9. The third-order valence-electron chi connectivity index (χ3n) is 4.92. The summed E-state index contributed by atoms with van der Waals surface area (Å²) in [6.07, 6.45) is 5.86. The van der Waals surface area contributed by atoms with Crippen molar-refractivity contribution in [1.82, 2.24) is 0 Å². The van der Waals surface area contributed by atoms with Crippen molar-refractivity contribution in [2.45, 2.75) is 52.6 Å². The molecule has 2 nitrogen and oxygen atoms in total. The van der Waals surface area contributed by atoms with Gasteiger partial charge < -0.3 is 9.47 Å². The van der Waals surface area contributed by atoms with E-state index < -0.39 is 8.07 Å². The van der Waals surface area contributed by atoms with Crippen LogP contribution in [0.25, 0.3) is 0 Å². The van der Waals surface area contributed by atoms with Gasteiger partial charge in [-0.15, -0.1) is 11.5 Å². The number of allylic oxidation sites excluding steroid dienone is 3. The van der Waals surface area contributed by atoms with E-state index in [1.807, 2.05) is 43.3 Å². The van der Waals surface area contributed by atoms with E-state index in [9.17, 15) is 0 Å². The van der Waals surface area contributed by atoms with Gasteiger partial charge in [0.05, 0.1) is 26.4 Å². The van der Waals surface area contributed by atoms with Gasteiger partial charge >= 0.3 is 0 Å². The minimum Gasteiger partial charge on any atom is -0.376 e. The molecule has 0 radical (unpaired) electrons. The molecule has 2 rings (SSSR count).